The van der Waals surface area contributed by atoms with E-state index in [0.29, 0.717) is 0 Å². The van der Waals surface area contributed by atoms with E-state index in [1.165, 1.54) is 23.4 Å². The second-order valence-corrected chi connectivity index (χ2v) is 6.08. The van der Waals surface area contributed by atoms with Crippen molar-refractivity contribution in [2.45, 2.75) is 32.1 Å². The summed E-state index contributed by atoms with van der Waals surface area (Å²) in [6, 6.07) is 7.40. The van der Waals surface area contributed by atoms with Crippen LogP contribution in [0.3, 0.4) is 0 Å². The minimum atomic E-state index is -0.325. The number of nitrogens with zero attached hydrogens (tertiary/aromatic N) is 3. The van der Waals surface area contributed by atoms with Crippen LogP contribution >= 0.6 is 0 Å². The molecule has 3 aliphatic rings. The van der Waals surface area contributed by atoms with Gasteiger partial charge in [-0.15, -0.1) is 0 Å². The molecule has 0 radical (unpaired) electrons. The number of ether oxygens (including phenoxy) is 1. The van der Waals surface area contributed by atoms with Crippen molar-refractivity contribution in [1.82, 2.24) is 0 Å². The first-order chi connectivity index (χ1) is 11.3. The van der Waals surface area contributed by atoms with Crippen LogP contribution in [0.2, 0.25) is 0 Å². The first-order valence-corrected chi connectivity index (χ1v) is 8.11. The highest BCUT2D eigenvalue weighted by Gasteiger charge is 2.40. The Labute approximate surface area is 135 Å². The molecule has 0 fully saturated rings. The van der Waals surface area contributed by atoms with Crippen molar-refractivity contribution in [3.63, 3.8) is 0 Å². The van der Waals surface area contributed by atoms with Gasteiger partial charge in [-0.05, 0) is 55.5 Å². The molecule has 5 nitrogen and oxygen atoms in total. The highest BCUT2D eigenvalue weighted by molar-refractivity contribution is 6.30. The zero-order chi connectivity index (χ0) is 15.8. The van der Waals surface area contributed by atoms with Crippen LogP contribution in [-0.4, -0.2) is 24.9 Å². The Hall–Kier alpha value is -2.43. The number of allylic oxidation sites excluding steroid dienone is 2. The summed E-state index contributed by atoms with van der Waals surface area (Å²) in [4.78, 5) is 17.3. The zero-order valence-corrected chi connectivity index (χ0v) is 13.2. The lowest BCUT2D eigenvalue weighted by Crippen LogP contribution is -2.30. The van der Waals surface area contributed by atoms with Gasteiger partial charge < -0.3 is 4.74 Å². The molecular formula is C18H19N3O2. The van der Waals surface area contributed by atoms with Crippen molar-refractivity contribution in [3.05, 3.63) is 35.5 Å². The van der Waals surface area contributed by atoms with Crippen LogP contribution in [0.25, 0.3) is 0 Å². The Morgan fingerprint density at radius 1 is 1.13 bits per heavy atom. The van der Waals surface area contributed by atoms with Gasteiger partial charge in [-0.25, -0.2) is 0 Å². The third-order valence-electron chi connectivity index (χ3n) is 4.67. The number of amides is 1. The molecular weight excluding hydrogens is 290 g/mol. The molecule has 1 atom stereocenters. The van der Waals surface area contributed by atoms with E-state index in [-0.39, 0.29) is 11.8 Å². The number of methoxy groups -OCH3 is 1. The number of hydrazone groups is 1. The Bertz CT molecular complexity index is 731. The average molecular weight is 309 g/mol. The molecule has 5 heteroatoms. The molecule has 0 saturated heterocycles. The van der Waals surface area contributed by atoms with Crippen LogP contribution in [0.4, 0.5) is 5.69 Å². The van der Waals surface area contributed by atoms with Crippen LogP contribution in [0.5, 0.6) is 5.75 Å². The summed E-state index contributed by atoms with van der Waals surface area (Å²) < 4.78 is 5.17. The maximum absolute atomic E-state index is 12.7. The summed E-state index contributed by atoms with van der Waals surface area (Å²) in [7, 11) is 1.63. The van der Waals surface area contributed by atoms with Gasteiger partial charge >= 0.3 is 0 Å². The van der Waals surface area contributed by atoms with Gasteiger partial charge in [0.25, 0.3) is 5.91 Å². The molecule has 1 amide bonds. The lowest BCUT2D eigenvalue weighted by molar-refractivity contribution is -0.118. The molecule has 1 aromatic carbocycles. The molecule has 0 N–H and O–H groups in total. The van der Waals surface area contributed by atoms with Gasteiger partial charge in [-0.1, -0.05) is 6.42 Å². The molecule has 1 aliphatic carbocycles. The average Bonchev–Trinajstić information content (AvgIpc) is 2.77. The highest BCUT2D eigenvalue weighted by atomic mass is 16.5. The lowest BCUT2D eigenvalue weighted by atomic mass is 9.91. The minimum Gasteiger partial charge on any atom is -0.497 e. The van der Waals surface area contributed by atoms with Crippen molar-refractivity contribution in [2.75, 3.05) is 12.1 Å². The first-order valence-electron chi connectivity index (χ1n) is 8.11. The summed E-state index contributed by atoms with van der Waals surface area (Å²) in [5.41, 5.74) is 3.99. The fourth-order valence-corrected chi connectivity index (χ4v) is 3.41. The SMILES string of the molecule is COc1ccc(N2N=C3C4=C(CCCCC4)N=CC3C2=O)cc1. The topological polar surface area (TPSA) is 54.3 Å². The molecule has 0 bridgehead atoms. The second kappa shape index (κ2) is 5.65. The van der Waals surface area contributed by atoms with E-state index in [1.54, 1.807) is 13.3 Å². The third-order valence-corrected chi connectivity index (χ3v) is 4.67. The van der Waals surface area contributed by atoms with Crippen LogP contribution in [-0.2, 0) is 4.79 Å². The maximum atomic E-state index is 12.7. The number of anilines is 1. The molecule has 1 unspecified atom stereocenters. The number of hydrogen-bond donors (Lipinski definition) is 0. The number of fused-ring (bicyclic) bond motifs is 2. The predicted molar refractivity (Wildman–Crippen MR) is 90.0 cm³/mol. The fourth-order valence-electron chi connectivity index (χ4n) is 3.41. The van der Waals surface area contributed by atoms with Crippen molar-refractivity contribution >= 4 is 23.5 Å². The fraction of sp³-hybridized carbons (Fsp3) is 0.389. The third kappa shape index (κ3) is 2.36. The molecule has 4 rings (SSSR count). The number of carbonyl (C=O) groups excluding carboxylic acids is 1. The van der Waals surface area contributed by atoms with Gasteiger partial charge in [-0.3, -0.25) is 9.79 Å². The van der Waals surface area contributed by atoms with Gasteiger partial charge in [0.2, 0.25) is 0 Å². The smallest absolute Gasteiger partial charge is 0.262 e. The standard InChI is InChI=1S/C18H19N3O2/c1-23-13-9-7-12(8-10-13)21-18(22)15-11-19-16-6-4-2-3-5-14(16)17(15)20-21/h7-11,15H,2-6H2,1H3. The molecule has 0 spiro atoms. The maximum Gasteiger partial charge on any atom is 0.262 e. The van der Waals surface area contributed by atoms with Gasteiger partial charge in [0, 0.05) is 11.9 Å². The van der Waals surface area contributed by atoms with Crippen molar-refractivity contribution in [3.8, 4) is 5.75 Å². The molecule has 0 saturated carbocycles. The number of benzene rings is 1. The quantitative estimate of drug-likeness (QED) is 0.841. The van der Waals surface area contributed by atoms with Crippen LogP contribution in [0, 0.1) is 5.92 Å². The Balaban J connectivity index is 1.70. The van der Waals surface area contributed by atoms with Gasteiger partial charge in [0.1, 0.15) is 11.7 Å². The molecule has 2 aliphatic heterocycles. The van der Waals surface area contributed by atoms with E-state index >= 15 is 0 Å². The highest BCUT2D eigenvalue weighted by Crippen LogP contribution is 2.35. The normalized spacial score (nSPS) is 23.3. The first kappa shape index (κ1) is 14.2. The second-order valence-electron chi connectivity index (χ2n) is 6.08. The van der Waals surface area contributed by atoms with Crippen molar-refractivity contribution in [2.24, 2.45) is 16.0 Å². The summed E-state index contributed by atoms with van der Waals surface area (Å²) in [6.45, 7) is 0. The largest absolute Gasteiger partial charge is 0.497 e. The van der Waals surface area contributed by atoms with Crippen LogP contribution < -0.4 is 9.75 Å². The Morgan fingerprint density at radius 2 is 1.91 bits per heavy atom. The minimum absolute atomic E-state index is 0.0234. The molecule has 2 heterocycles. The zero-order valence-electron chi connectivity index (χ0n) is 13.2. The van der Waals surface area contributed by atoms with Gasteiger partial charge in [0.15, 0.2) is 0 Å². The summed E-state index contributed by atoms with van der Waals surface area (Å²) in [5.74, 6) is 0.416. The number of aliphatic imine (C=N–C) groups is 1. The number of rotatable bonds is 2. The predicted octanol–water partition coefficient (Wildman–Crippen LogP) is 3.32. The monoisotopic (exact) mass is 309 g/mol. The van der Waals surface area contributed by atoms with Gasteiger partial charge in [-0.2, -0.15) is 10.1 Å². The van der Waals surface area contributed by atoms with Crippen molar-refractivity contribution < 1.29 is 9.53 Å². The van der Waals surface area contributed by atoms with Gasteiger partial charge in [0.05, 0.1) is 18.5 Å². The Kier molecular flexibility index (Phi) is 3.48. The molecule has 1 aromatic rings. The summed E-state index contributed by atoms with van der Waals surface area (Å²) in [5, 5.41) is 6.16. The molecule has 0 aromatic heterocycles. The summed E-state index contributed by atoms with van der Waals surface area (Å²) in [6.07, 6.45) is 7.28. The van der Waals surface area contributed by atoms with E-state index in [2.05, 4.69) is 10.1 Å². The van der Waals surface area contributed by atoms with Crippen molar-refractivity contribution in [1.29, 1.82) is 0 Å². The molecule has 23 heavy (non-hydrogen) atoms. The number of hydrogen-bond acceptors (Lipinski definition) is 4. The van der Waals surface area contributed by atoms with Crippen LogP contribution in [0.1, 0.15) is 32.1 Å². The van der Waals surface area contributed by atoms with Crippen LogP contribution in [0.15, 0.2) is 45.6 Å². The van der Waals surface area contributed by atoms with E-state index in [1.807, 2.05) is 24.3 Å². The van der Waals surface area contributed by atoms with E-state index in [0.717, 1.165) is 42.1 Å². The summed E-state index contributed by atoms with van der Waals surface area (Å²) >= 11 is 0. The number of carbonyl (C=O) groups is 1. The molecule has 118 valence electrons. The Morgan fingerprint density at radius 3 is 2.70 bits per heavy atom. The van der Waals surface area contributed by atoms with E-state index in [4.69, 9.17) is 4.74 Å². The lowest BCUT2D eigenvalue weighted by Gasteiger charge is -2.16. The van der Waals surface area contributed by atoms with E-state index in [9.17, 15) is 4.79 Å². The van der Waals surface area contributed by atoms with E-state index < -0.39 is 0 Å².